The second kappa shape index (κ2) is 43.6. The molecule has 4 aliphatic heterocycles. The predicted molar refractivity (Wildman–Crippen MR) is 418 cm³/mol. The summed E-state index contributed by atoms with van der Waals surface area (Å²) in [7, 11) is 5.30. The minimum Gasteiger partial charge on any atom is -0.497 e. The number of carbonyl (C=O) groups excluding carboxylic acids is 4. The molecule has 4 saturated heterocycles. The van der Waals surface area contributed by atoms with Crippen molar-refractivity contribution in [2.24, 2.45) is 10.2 Å². The maximum Gasteiger partial charge on any atom is 0.338 e. The zero-order chi connectivity index (χ0) is 82.7. The minimum atomic E-state index is -2.05. The molecule has 31 nitrogen and oxygen atoms in total. The number of azide groups is 2. The van der Waals surface area contributed by atoms with E-state index in [9.17, 15) is 25.8 Å². The largest absolute Gasteiger partial charge is 0.497 e. The summed E-state index contributed by atoms with van der Waals surface area (Å²) in [5.74, 6) is -2.74. The number of aliphatic hydroxyl groups is 1. The van der Waals surface area contributed by atoms with Crippen molar-refractivity contribution >= 4 is 23.9 Å². The van der Waals surface area contributed by atoms with Crippen LogP contribution in [0.15, 0.2) is 241 Å². The van der Waals surface area contributed by atoms with Crippen molar-refractivity contribution in [2.75, 3.05) is 41.7 Å². The van der Waals surface area contributed by atoms with E-state index < -0.39 is 159 Å². The maximum absolute atomic E-state index is 15.3. The number of hydrogen-bond donors (Lipinski definition) is 1. The summed E-state index contributed by atoms with van der Waals surface area (Å²) >= 11 is 0. The van der Waals surface area contributed by atoms with Crippen LogP contribution in [-0.4, -0.2) is 199 Å². The average molecular weight is 1620 g/mol. The molecule has 0 bridgehead atoms. The fourth-order valence-electron chi connectivity index (χ4n) is 13.9. The number of rotatable bonds is 38. The summed E-state index contributed by atoms with van der Waals surface area (Å²) in [6.07, 6.45) is -31.2. The molecule has 118 heavy (non-hydrogen) atoms. The van der Waals surface area contributed by atoms with Crippen LogP contribution in [0.5, 0.6) is 11.5 Å². The minimum absolute atomic E-state index is 0.0278. The number of methoxy groups -OCH3 is 4. The van der Waals surface area contributed by atoms with Gasteiger partial charge in [0.1, 0.15) is 78.5 Å². The van der Waals surface area contributed by atoms with Crippen LogP contribution in [0.1, 0.15) is 67.9 Å². The van der Waals surface area contributed by atoms with Crippen molar-refractivity contribution in [3.63, 3.8) is 0 Å². The van der Waals surface area contributed by atoms with E-state index >= 15 is 9.59 Å². The molecule has 0 spiro atoms. The van der Waals surface area contributed by atoms with Gasteiger partial charge in [0.15, 0.2) is 49.6 Å². The lowest BCUT2D eigenvalue weighted by Gasteiger charge is -2.51. The Hall–Kier alpha value is -10.7. The number of benzene rings is 8. The molecular formula is C87H94N6O25. The van der Waals surface area contributed by atoms with E-state index in [4.69, 9.17) is 94.7 Å². The first-order chi connectivity index (χ1) is 57.6. The first-order valence-electron chi connectivity index (χ1n) is 38.4. The second-order valence-corrected chi connectivity index (χ2v) is 28.1. The summed E-state index contributed by atoms with van der Waals surface area (Å²) in [6, 6.07) is 62.7. The van der Waals surface area contributed by atoms with E-state index in [1.807, 2.05) is 12.1 Å². The topological polar surface area (TPSA) is 371 Å². The highest BCUT2D eigenvalue weighted by molar-refractivity contribution is 5.90. The molecule has 20 atom stereocenters. The molecule has 0 unspecified atom stereocenters. The molecule has 0 radical (unpaired) electrons. The third-order valence-corrected chi connectivity index (χ3v) is 19.8. The Labute approximate surface area is 681 Å². The first kappa shape index (κ1) is 86.6. The lowest BCUT2D eigenvalue weighted by Crippen LogP contribution is -2.69. The molecule has 0 aromatic heterocycles. The number of ether oxygens (including phenoxy) is 20. The van der Waals surface area contributed by atoms with Gasteiger partial charge in [-0.25, -0.2) is 19.2 Å². The number of nitrogens with zero attached hydrogens (tertiary/aromatic N) is 6. The fraction of sp³-hybridized carbons (Fsp3) is 0.402. The molecule has 0 amide bonds. The summed E-state index contributed by atoms with van der Waals surface area (Å²) in [6.45, 7) is 1.75. The molecule has 8 aromatic rings. The third-order valence-electron chi connectivity index (χ3n) is 19.8. The zero-order valence-electron chi connectivity index (χ0n) is 65.6. The number of hydrogen-bond acceptors (Lipinski definition) is 27. The van der Waals surface area contributed by atoms with Crippen molar-refractivity contribution in [3.8, 4) is 11.5 Å². The van der Waals surface area contributed by atoms with Crippen LogP contribution in [0.2, 0.25) is 0 Å². The Morgan fingerprint density at radius 2 is 0.720 bits per heavy atom. The third kappa shape index (κ3) is 23.0. The Balaban J connectivity index is 0.987. The summed E-state index contributed by atoms with van der Waals surface area (Å²) in [5.41, 5.74) is 25.6. The van der Waals surface area contributed by atoms with E-state index in [1.165, 1.54) is 19.2 Å². The van der Waals surface area contributed by atoms with E-state index in [2.05, 4.69) is 20.1 Å². The van der Waals surface area contributed by atoms with Gasteiger partial charge in [-0.1, -0.05) is 192 Å². The lowest BCUT2D eigenvalue weighted by molar-refractivity contribution is -0.377. The highest BCUT2D eigenvalue weighted by atomic mass is 16.8. The normalized spacial score (nSPS) is 26.8. The lowest BCUT2D eigenvalue weighted by atomic mass is 9.93. The molecule has 0 aliphatic carbocycles. The number of esters is 4. The van der Waals surface area contributed by atoms with Gasteiger partial charge in [-0.05, 0) is 107 Å². The van der Waals surface area contributed by atoms with Gasteiger partial charge in [0.25, 0.3) is 0 Å². The standard InChI is InChI=1S/C87H94N6O25/c1-53(2)109-86-78(112-80(95)60-33-21-11-22-34-60)72(107-49-56-29-17-9-18-30-56)74(76(117-86)82(97)101-5)116-85-67(91-93-89)71(106-48-55-27-15-8-16-28-55)69(65(111-85)52-104-46-59-39-43-63(100-4)44-40-59)114-87-79(113-81(96)61-35-23-12-24-36-61)73(108-50-57-31-19-10-20-32-57)75(77(118-87)83(98)102-6)115-84-66(90-92-88)70(105-47-54-25-13-7-14-26-54)68(94)64(110-84)51-103-45-58-37-41-62(99-3)42-38-58/h7-44,53,64-79,84-87,94H,45-52H2,1-6H3/t64-,65-,66-,67-,68-,69-,70-,71-,72+,73+,74+,75+,76-,77-,78-,79-,84-,85-,86-,87-/m1/s1. The van der Waals surface area contributed by atoms with Gasteiger partial charge in [0.2, 0.25) is 0 Å². The second-order valence-electron chi connectivity index (χ2n) is 28.1. The zero-order valence-corrected chi connectivity index (χ0v) is 65.6. The van der Waals surface area contributed by atoms with Crippen LogP contribution >= 0.6 is 0 Å². The predicted octanol–water partition coefficient (Wildman–Crippen LogP) is 11.8. The highest BCUT2D eigenvalue weighted by Gasteiger charge is 2.61. The molecule has 4 heterocycles. The molecule has 31 heteroatoms. The summed E-state index contributed by atoms with van der Waals surface area (Å²) in [4.78, 5) is 66.2. The monoisotopic (exact) mass is 1620 g/mol. The Bertz CT molecular complexity index is 4530. The number of carbonyl (C=O) groups is 4. The van der Waals surface area contributed by atoms with Crippen molar-refractivity contribution in [1.82, 2.24) is 0 Å². The van der Waals surface area contributed by atoms with Gasteiger partial charge in [0.05, 0.1) is 105 Å². The number of aliphatic hydroxyl groups excluding tert-OH is 1. The maximum atomic E-state index is 15.3. The first-order valence-corrected chi connectivity index (χ1v) is 38.4. The molecule has 1 N–H and O–H groups in total. The van der Waals surface area contributed by atoms with E-state index in [1.54, 1.807) is 227 Å². The van der Waals surface area contributed by atoms with Crippen molar-refractivity contribution in [3.05, 3.63) is 296 Å². The van der Waals surface area contributed by atoms with E-state index in [0.29, 0.717) is 39.3 Å². The van der Waals surface area contributed by atoms with Crippen LogP contribution in [0.4, 0.5) is 0 Å². The molecule has 4 aliphatic rings. The average Bonchev–Trinajstić information content (AvgIpc) is 0.754. The molecular weight excluding hydrogens is 1530 g/mol. The summed E-state index contributed by atoms with van der Waals surface area (Å²) < 4.78 is 131. The Morgan fingerprint density at radius 3 is 1.11 bits per heavy atom. The Morgan fingerprint density at radius 1 is 0.381 bits per heavy atom. The van der Waals surface area contributed by atoms with Gasteiger partial charge in [0, 0.05) is 9.82 Å². The van der Waals surface area contributed by atoms with Gasteiger partial charge in [-0.2, -0.15) is 0 Å². The van der Waals surface area contributed by atoms with Gasteiger partial charge < -0.3 is 99.8 Å². The smallest absolute Gasteiger partial charge is 0.338 e. The van der Waals surface area contributed by atoms with Crippen molar-refractivity contribution in [1.29, 1.82) is 0 Å². The van der Waals surface area contributed by atoms with Crippen LogP contribution in [0.3, 0.4) is 0 Å². The van der Waals surface area contributed by atoms with Gasteiger partial charge in [-0.15, -0.1) is 0 Å². The van der Waals surface area contributed by atoms with Crippen LogP contribution < -0.4 is 9.47 Å². The molecule has 0 saturated carbocycles. The van der Waals surface area contributed by atoms with Gasteiger partial charge in [-0.3, -0.25) is 0 Å². The molecule has 8 aromatic carbocycles. The van der Waals surface area contributed by atoms with E-state index in [0.717, 1.165) is 19.8 Å². The summed E-state index contributed by atoms with van der Waals surface area (Å²) in [5, 5.41) is 21.0. The fourth-order valence-corrected chi connectivity index (χ4v) is 13.9. The van der Waals surface area contributed by atoms with Crippen LogP contribution in [0, 0.1) is 0 Å². The quantitative estimate of drug-likeness (QED) is 0.0123. The molecule has 4 fully saturated rings. The molecule has 622 valence electrons. The van der Waals surface area contributed by atoms with Crippen LogP contribution in [0.25, 0.3) is 20.9 Å². The van der Waals surface area contributed by atoms with Crippen molar-refractivity contribution < 1.29 is 119 Å². The highest BCUT2D eigenvalue weighted by Crippen LogP contribution is 2.42. The Kier molecular flexibility index (Phi) is 32.0. The SMILES string of the molecule is COC(=O)[C@@H]1O[C@@H](OC(C)C)[C@H](OC(=O)c2ccccc2)[C@@H](OCc2ccccc2)[C@@H]1O[C@H]1O[C@H](COCc2ccc(OC)cc2)[C@@H](O[C@@H]2O[C@@H](C(=O)OC)[C@@H](O[C@H]3O[C@H](COCc4ccc(OC)cc4)[C@@H](O)[C@H](OCc4ccccc4)[C@H]3N=[N+]=[N-])[C@H](OCc3ccccc3)[C@H]2OC(=O)c2ccccc2)[C@H](OCc2ccccc2)[C@H]1N=[N+]=[N-]. The van der Waals surface area contributed by atoms with Crippen molar-refractivity contribution in [2.45, 2.75) is 182 Å². The van der Waals surface area contributed by atoms with E-state index in [-0.39, 0.29) is 57.4 Å². The van der Waals surface area contributed by atoms with Crippen LogP contribution in [-0.2, 0) is 134 Å². The molecule has 12 rings (SSSR count). The van der Waals surface area contributed by atoms with Gasteiger partial charge >= 0.3 is 23.9 Å².